The van der Waals surface area contributed by atoms with Gasteiger partial charge in [0.2, 0.25) is 5.91 Å². The van der Waals surface area contributed by atoms with Crippen LogP contribution in [0.1, 0.15) is 42.2 Å². The van der Waals surface area contributed by atoms with Crippen LogP contribution in [-0.4, -0.2) is 34.6 Å². The van der Waals surface area contributed by atoms with Gasteiger partial charge in [-0.1, -0.05) is 50.1 Å². The van der Waals surface area contributed by atoms with Gasteiger partial charge in [0.05, 0.1) is 12.6 Å². The predicted molar refractivity (Wildman–Crippen MR) is 102 cm³/mol. The maximum Gasteiger partial charge on any atom is 0.280 e. The minimum atomic E-state index is -0.896. The molecule has 7 heteroatoms. The summed E-state index contributed by atoms with van der Waals surface area (Å²) in [5, 5.41) is 12.4. The van der Waals surface area contributed by atoms with E-state index < -0.39 is 23.6 Å². The number of carbonyl (C=O) groups is 2. The zero-order valence-electron chi connectivity index (χ0n) is 15.4. The van der Waals surface area contributed by atoms with Gasteiger partial charge in [-0.2, -0.15) is 0 Å². The molecule has 7 nitrogen and oxygen atoms in total. The van der Waals surface area contributed by atoms with Crippen molar-refractivity contribution in [3.8, 4) is 11.5 Å². The van der Waals surface area contributed by atoms with E-state index in [1.807, 2.05) is 30.3 Å². The van der Waals surface area contributed by atoms with Crippen LogP contribution in [0.3, 0.4) is 0 Å². The summed E-state index contributed by atoms with van der Waals surface area (Å²) in [5.41, 5.74) is 6.48. The molecule has 0 aliphatic rings. The van der Waals surface area contributed by atoms with Crippen LogP contribution in [0.2, 0.25) is 0 Å². The molecule has 0 bridgehead atoms. The Kier molecular flexibility index (Phi) is 7.76. The number of nitrogens with two attached hydrogens (primary N) is 1. The Hall–Kier alpha value is -2.93. The summed E-state index contributed by atoms with van der Waals surface area (Å²) >= 11 is 0. The summed E-state index contributed by atoms with van der Waals surface area (Å²) in [6.45, 7) is 2.50. The molecule has 1 heterocycles. The number of aromatic nitrogens is 1. The lowest BCUT2D eigenvalue weighted by Gasteiger charge is -2.13. The van der Waals surface area contributed by atoms with Crippen molar-refractivity contribution in [2.24, 2.45) is 5.73 Å². The van der Waals surface area contributed by atoms with Crippen molar-refractivity contribution < 1.29 is 19.4 Å². The second-order valence-corrected chi connectivity index (χ2v) is 6.18. The topological polar surface area (TPSA) is 115 Å². The molecule has 0 aliphatic carbocycles. The summed E-state index contributed by atoms with van der Waals surface area (Å²) in [7, 11) is 0. The Bertz CT molecular complexity index is 765. The van der Waals surface area contributed by atoms with Gasteiger partial charge in [-0.15, -0.1) is 0 Å². The first-order valence-electron chi connectivity index (χ1n) is 8.98. The molecule has 2 amide bonds. The van der Waals surface area contributed by atoms with Gasteiger partial charge in [0.1, 0.15) is 0 Å². The van der Waals surface area contributed by atoms with Gasteiger partial charge in [-0.3, -0.25) is 14.9 Å². The highest BCUT2D eigenvalue weighted by Crippen LogP contribution is 2.28. The third-order valence-electron chi connectivity index (χ3n) is 3.98. The highest BCUT2D eigenvalue weighted by atomic mass is 16.5. The number of amides is 2. The lowest BCUT2D eigenvalue weighted by Crippen LogP contribution is -2.44. The first kappa shape index (κ1) is 20.4. The van der Waals surface area contributed by atoms with Crippen molar-refractivity contribution in [1.82, 2.24) is 10.3 Å². The van der Waals surface area contributed by atoms with Gasteiger partial charge in [-0.25, -0.2) is 4.98 Å². The van der Waals surface area contributed by atoms with E-state index in [0.717, 1.165) is 24.8 Å². The summed E-state index contributed by atoms with van der Waals surface area (Å²) in [6, 6.07) is 9.83. The molecule has 2 aromatic rings. The number of ether oxygens (including phenoxy) is 1. The van der Waals surface area contributed by atoms with Crippen LogP contribution < -0.4 is 15.8 Å². The van der Waals surface area contributed by atoms with Gasteiger partial charge >= 0.3 is 0 Å². The third kappa shape index (κ3) is 6.07. The second-order valence-electron chi connectivity index (χ2n) is 6.18. The summed E-state index contributed by atoms with van der Waals surface area (Å²) in [4.78, 5) is 28.3. The number of nitrogens with one attached hydrogen (secondary N) is 1. The predicted octanol–water partition coefficient (Wildman–Crippen LogP) is 2.18. The van der Waals surface area contributed by atoms with Crippen LogP contribution in [0.4, 0.5) is 0 Å². The van der Waals surface area contributed by atoms with Crippen molar-refractivity contribution in [1.29, 1.82) is 0 Å². The van der Waals surface area contributed by atoms with Crippen LogP contribution in [0, 0.1) is 0 Å². The van der Waals surface area contributed by atoms with E-state index in [4.69, 9.17) is 10.5 Å². The number of hydrogen-bond acceptors (Lipinski definition) is 6. The molecule has 0 unspecified atom stereocenters. The largest absolute Gasteiger partial charge is 0.503 e. The first-order chi connectivity index (χ1) is 13.0. The number of pyridine rings is 1. The Labute approximate surface area is 158 Å². The molecule has 1 aromatic carbocycles. The maximum atomic E-state index is 12.3. The molecule has 1 atom stereocenters. The van der Waals surface area contributed by atoms with E-state index in [9.17, 15) is 14.7 Å². The van der Waals surface area contributed by atoms with Crippen molar-refractivity contribution >= 4 is 11.8 Å². The van der Waals surface area contributed by atoms with Crippen LogP contribution >= 0.6 is 0 Å². The van der Waals surface area contributed by atoms with E-state index >= 15 is 0 Å². The molecule has 0 fully saturated rings. The molecule has 27 heavy (non-hydrogen) atoms. The highest BCUT2D eigenvalue weighted by Gasteiger charge is 2.22. The summed E-state index contributed by atoms with van der Waals surface area (Å²) < 4.78 is 5.48. The highest BCUT2D eigenvalue weighted by molar-refractivity contribution is 6.06. The zero-order valence-corrected chi connectivity index (χ0v) is 15.4. The Morgan fingerprint density at radius 1 is 1.22 bits per heavy atom. The number of rotatable bonds is 9. The molecular weight excluding hydrogens is 346 g/mol. The number of aromatic hydroxyl groups is 1. The molecule has 0 spiro atoms. The number of hydrogen-bond donors (Lipinski definition) is 3. The average molecular weight is 371 g/mol. The van der Waals surface area contributed by atoms with E-state index in [0.29, 0.717) is 13.0 Å². The SMILES string of the molecule is CCCCCOc1ccnc(C(=O)NC(=O)[C@@H](N)Cc2ccccc2)c1O. The van der Waals surface area contributed by atoms with Crippen LogP contribution in [0.25, 0.3) is 0 Å². The zero-order chi connectivity index (χ0) is 19.6. The molecule has 0 saturated carbocycles. The van der Waals surface area contributed by atoms with Crippen molar-refractivity contribution in [2.45, 2.75) is 38.6 Å². The number of carbonyl (C=O) groups excluding carboxylic acids is 2. The molecule has 0 radical (unpaired) electrons. The maximum absolute atomic E-state index is 12.3. The van der Waals surface area contributed by atoms with Crippen molar-refractivity contribution in [2.75, 3.05) is 6.61 Å². The molecule has 2 rings (SSSR count). The van der Waals surface area contributed by atoms with Gasteiger partial charge in [0.25, 0.3) is 5.91 Å². The minimum Gasteiger partial charge on any atom is -0.503 e. The van der Waals surface area contributed by atoms with Gasteiger partial charge in [0, 0.05) is 12.3 Å². The van der Waals surface area contributed by atoms with E-state index in [2.05, 4.69) is 17.2 Å². The standard InChI is InChI=1S/C20H25N3O4/c1-2-3-7-12-27-16-10-11-22-17(18(16)24)20(26)23-19(25)15(21)13-14-8-5-4-6-9-14/h4-6,8-11,15,24H,2-3,7,12-13,21H2,1H3,(H,23,25,26)/t15-/m0/s1. The average Bonchev–Trinajstić information content (AvgIpc) is 2.67. The molecular formula is C20H25N3O4. The lowest BCUT2D eigenvalue weighted by molar-refractivity contribution is -0.121. The number of imide groups is 1. The fourth-order valence-corrected chi connectivity index (χ4v) is 2.48. The molecule has 0 aliphatic heterocycles. The first-order valence-corrected chi connectivity index (χ1v) is 8.98. The Balaban J connectivity index is 1.97. The van der Waals surface area contributed by atoms with E-state index in [-0.39, 0.29) is 11.4 Å². The second kappa shape index (κ2) is 10.3. The Morgan fingerprint density at radius 2 is 1.96 bits per heavy atom. The number of benzene rings is 1. The number of nitrogens with zero attached hydrogens (tertiary/aromatic N) is 1. The molecule has 1 aromatic heterocycles. The van der Waals surface area contributed by atoms with E-state index in [1.165, 1.54) is 12.3 Å². The fraction of sp³-hybridized carbons (Fsp3) is 0.350. The quantitative estimate of drug-likeness (QED) is 0.582. The molecule has 0 saturated heterocycles. The van der Waals surface area contributed by atoms with Crippen LogP contribution in [0.5, 0.6) is 11.5 Å². The number of unbranched alkanes of at least 4 members (excludes halogenated alkanes) is 2. The van der Waals surface area contributed by atoms with Gasteiger partial charge < -0.3 is 15.6 Å². The third-order valence-corrected chi connectivity index (χ3v) is 3.98. The van der Waals surface area contributed by atoms with Gasteiger partial charge in [0.15, 0.2) is 17.2 Å². The summed E-state index contributed by atoms with van der Waals surface area (Å²) in [6.07, 6.45) is 4.53. The fourth-order valence-electron chi connectivity index (χ4n) is 2.48. The molecule has 144 valence electrons. The smallest absolute Gasteiger partial charge is 0.280 e. The summed E-state index contributed by atoms with van der Waals surface area (Å²) in [5.74, 6) is -1.69. The van der Waals surface area contributed by atoms with Gasteiger partial charge in [-0.05, 0) is 18.4 Å². The molecule has 4 N–H and O–H groups in total. The van der Waals surface area contributed by atoms with Crippen LogP contribution in [0.15, 0.2) is 42.6 Å². The van der Waals surface area contributed by atoms with Crippen molar-refractivity contribution in [3.05, 3.63) is 53.9 Å². The normalized spacial score (nSPS) is 11.6. The minimum absolute atomic E-state index is 0.160. The van der Waals surface area contributed by atoms with Crippen LogP contribution in [-0.2, 0) is 11.2 Å². The van der Waals surface area contributed by atoms with E-state index in [1.54, 1.807) is 0 Å². The Morgan fingerprint density at radius 3 is 2.67 bits per heavy atom. The monoisotopic (exact) mass is 371 g/mol. The van der Waals surface area contributed by atoms with Crippen molar-refractivity contribution in [3.63, 3.8) is 0 Å². The lowest BCUT2D eigenvalue weighted by atomic mass is 10.1.